The Labute approximate surface area is 167 Å². The second-order valence-electron chi connectivity index (χ2n) is 6.67. The van der Waals surface area contributed by atoms with Gasteiger partial charge in [-0.05, 0) is 43.2 Å². The van der Waals surface area contributed by atoms with Gasteiger partial charge in [-0.25, -0.2) is 4.98 Å². The molecule has 6 nitrogen and oxygen atoms in total. The molecule has 1 aliphatic heterocycles. The van der Waals surface area contributed by atoms with Gasteiger partial charge in [0.15, 0.2) is 0 Å². The number of carbonyl (C=O) groups is 2. The predicted molar refractivity (Wildman–Crippen MR) is 109 cm³/mol. The molecule has 0 unspecified atom stereocenters. The van der Waals surface area contributed by atoms with Gasteiger partial charge in [0.05, 0.1) is 10.2 Å². The third-order valence-electron chi connectivity index (χ3n) is 4.64. The molecular weight excluding hydrogens is 374 g/mol. The summed E-state index contributed by atoms with van der Waals surface area (Å²) in [6.07, 6.45) is 2.35. The van der Waals surface area contributed by atoms with E-state index < -0.39 is 0 Å². The van der Waals surface area contributed by atoms with Crippen LogP contribution in [-0.4, -0.2) is 41.3 Å². The summed E-state index contributed by atoms with van der Waals surface area (Å²) in [6, 6.07) is 14.9. The minimum Gasteiger partial charge on any atom is -0.431 e. The lowest BCUT2D eigenvalue weighted by molar-refractivity contribution is -0.127. The molecule has 1 fully saturated rings. The van der Waals surface area contributed by atoms with Crippen LogP contribution in [0.3, 0.4) is 0 Å². The SMILES string of the molecule is O=C(NCCCN1CCCC1=O)c1ccc2nc(Oc3ccccc3)sc2c1. The number of rotatable bonds is 7. The van der Waals surface area contributed by atoms with E-state index in [1.54, 1.807) is 6.07 Å². The van der Waals surface area contributed by atoms with E-state index in [0.29, 0.717) is 30.3 Å². The molecule has 0 atom stereocenters. The van der Waals surface area contributed by atoms with Crippen LogP contribution in [0.25, 0.3) is 10.2 Å². The van der Waals surface area contributed by atoms with E-state index in [9.17, 15) is 9.59 Å². The predicted octanol–water partition coefficient (Wildman–Crippen LogP) is 3.83. The van der Waals surface area contributed by atoms with Gasteiger partial charge < -0.3 is 15.0 Å². The Balaban J connectivity index is 1.34. The van der Waals surface area contributed by atoms with Gasteiger partial charge in [0.1, 0.15) is 5.75 Å². The van der Waals surface area contributed by atoms with Crippen molar-refractivity contribution in [2.45, 2.75) is 19.3 Å². The molecule has 2 amide bonds. The van der Waals surface area contributed by atoms with Crippen molar-refractivity contribution >= 4 is 33.4 Å². The third-order valence-corrected chi connectivity index (χ3v) is 5.54. The van der Waals surface area contributed by atoms with Gasteiger partial charge in [-0.1, -0.05) is 29.5 Å². The Morgan fingerprint density at radius 1 is 1.21 bits per heavy atom. The molecule has 2 aromatic carbocycles. The lowest BCUT2D eigenvalue weighted by Crippen LogP contribution is -2.30. The normalized spacial score (nSPS) is 13.9. The maximum absolute atomic E-state index is 12.4. The van der Waals surface area contributed by atoms with Gasteiger partial charge in [0, 0.05) is 31.6 Å². The molecule has 0 saturated carbocycles. The number of amides is 2. The molecule has 0 bridgehead atoms. The summed E-state index contributed by atoms with van der Waals surface area (Å²) in [6.45, 7) is 2.08. The van der Waals surface area contributed by atoms with E-state index in [-0.39, 0.29) is 11.8 Å². The number of thiazole rings is 1. The quantitative estimate of drug-likeness (QED) is 0.617. The molecular formula is C21H21N3O3S. The number of likely N-dealkylation sites (tertiary alicyclic amines) is 1. The van der Waals surface area contributed by atoms with Crippen molar-refractivity contribution < 1.29 is 14.3 Å². The largest absolute Gasteiger partial charge is 0.431 e. The third kappa shape index (κ3) is 4.31. The number of carbonyl (C=O) groups excluding carboxylic acids is 2. The van der Waals surface area contributed by atoms with Crippen molar-refractivity contribution in [3.8, 4) is 10.9 Å². The minimum atomic E-state index is -0.117. The molecule has 144 valence electrons. The highest BCUT2D eigenvalue weighted by Crippen LogP contribution is 2.31. The first-order valence-corrected chi connectivity index (χ1v) is 10.2. The van der Waals surface area contributed by atoms with Crippen molar-refractivity contribution in [3.63, 3.8) is 0 Å². The second kappa shape index (κ2) is 8.39. The number of nitrogens with one attached hydrogen (secondary N) is 1. The van der Waals surface area contributed by atoms with E-state index in [0.717, 1.165) is 35.4 Å². The highest BCUT2D eigenvalue weighted by molar-refractivity contribution is 7.20. The molecule has 28 heavy (non-hydrogen) atoms. The molecule has 0 spiro atoms. The van der Waals surface area contributed by atoms with E-state index >= 15 is 0 Å². The highest BCUT2D eigenvalue weighted by Gasteiger charge is 2.19. The van der Waals surface area contributed by atoms with Crippen LogP contribution < -0.4 is 10.1 Å². The summed E-state index contributed by atoms with van der Waals surface area (Å²) >= 11 is 1.41. The van der Waals surface area contributed by atoms with Crippen LogP contribution in [0.15, 0.2) is 48.5 Å². The molecule has 0 radical (unpaired) electrons. The average molecular weight is 395 g/mol. The Morgan fingerprint density at radius 2 is 2.07 bits per heavy atom. The van der Waals surface area contributed by atoms with Gasteiger partial charge in [-0.3, -0.25) is 9.59 Å². The summed E-state index contributed by atoms with van der Waals surface area (Å²) in [5.41, 5.74) is 1.40. The summed E-state index contributed by atoms with van der Waals surface area (Å²) in [7, 11) is 0. The number of ether oxygens (including phenoxy) is 1. The smallest absolute Gasteiger partial charge is 0.279 e. The van der Waals surface area contributed by atoms with E-state index in [1.165, 1.54) is 11.3 Å². The van der Waals surface area contributed by atoms with E-state index in [1.807, 2.05) is 47.4 Å². The molecule has 1 saturated heterocycles. The topological polar surface area (TPSA) is 71.5 Å². The lowest BCUT2D eigenvalue weighted by Gasteiger charge is -2.15. The first-order chi connectivity index (χ1) is 13.7. The number of hydrogen-bond acceptors (Lipinski definition) is 5. The highest BCUT2D eigenvalue weighted by atomic mass is 32.1. The van der Waals surface area contributed by atoms with Gasteiger partial charge in [0.2, 0.25) is 5.91 Å². The van der Waals surface area contributed by atoms with Gasteiger partial charge in [-0.15, -0.1) is 0 Å². The zero-order valence-corrected chi connectivity index (χ0v) is 16.2. The van der Waals surface area contributed by atoms with E-state index in [4.69, 9.17) is 4.74 Å². The van der Waals surface area contributed by atoms with Crippen molar-refractivity contribution in [2.75, 3.05) is 19.6 Å². The number of para-hydroxylation sites is 1. The Kier molecular flexibility index (Phi) is 5.53. The molecule has 0 aliphatic carbocycles. The first kappa shape index (κ1) is 18.4. The van der Waals surface area contributed by atoms with Crippen LogP contribution in [0.1, 0.15) is 29.6 Å². The summed E-state index contributed by atoms with van der Waals surface area (Å²) in [5, 5.41) is 3.48. The molecule has 1 N–H and O–H groups in total. The number of nitrogens with zero attached hydrogens (tertiary/aromatic N) is 2. The first-order valence-electron chi connectivity index (χ1n) is 9.38. The van der Waals surface area contributed by atoms with Crippen molar-refractivity contribution in [1.82, 2.24) is 15.2 Å². The molecule has 4 rings (SSSR count). The average Bonchev–Trinajstić information content (AvgIpc) is 3.30. The van der Waals surface area contributed by atoms with Crippen molar-refractivity contribution in [2.24, 2.45) is 0 Å². The summed E-state index contributed by atoms with van der Waals surface area (Å²) in [5.74, 6) is 0.833. The molecule has 1 aliphatic rings. The van der Waals surface area contributed by atoms with Gasteiger partial charge >= 0.3 is 0 Å². The number of benzene rings is 2. The molecule has 2 heterocycles. The zero-order valence-electron chi connectivity index (χ0n) is 15.4. The maximum Gasteiger partial charge on any atom is 0.279 e. The Bertz CT molecular complexity index is 987. The van der Waals surface area contributed by atoms with Crippen molar-refractivity contribution in [3.05, 3.63) is 54.1 Å². The fourth-order valence-corrected chi connectivity index (χ4v) is 4.07. The molecule has 3 aromatic rings. The second-order valence-corrected chi connectivity index (χ2v) is 7.66. The van der Waals surface area contributed by atoms with Crippen LogP contribution in [0.4, 0.5) is 0 Å². The van der Waals surface area contributed by atoms with Crippen LogP contribution in [0, 0.1) is 0 Å². The Hall–Kier alpha value is -2.93. The molecule has 1 aromatic heterocycles. The lowest BCUT2D eigenvalue weighted by atomic mass is 10.2. The van der Waals surface area contributed by atoms with Crippen LogP contribution in [0.5, 0.6) is 10.9 Å². The standard InChI is InChI=1S/C21H21N3O3S/c25-19-8-4-12-24(19)13-5-11-22-20(26)15-9-10-17-18(14-15)28-21(23-17)27-16-6-2-1-3-7-16/h1-3,6-7,9-10,14H,4-5,8,11-13H2,(H,22,26). The maximum atomic E-state index is 12.4. The number of aromatic nitrogens is 1. The van der Waals surface area contributed by atoms with Gasteiger partial charge in [0.25, 0.3) is 11.1 Å². The van der Waals surface area contributed by atoms with Crippen LogP contribution >= 0.6 is 11.3 Å². The number of fused-ring (bicyclic) bond motifs is 1. The monoisotopic (exact) mass is 395 g/mol. The van der Waals surface area contributed by atoms with Gasteiger partial charge in [-0.2, -0.15) is 0 Å². The van der Waals surface area contributed by atoms with Crippen LogP contribution in [-0.2, 0) is 4.79 Å². The zero-order chi connectivity index (χ0) is 19.3. The summed E-state index contributed by atoms with van der Waals surface area (Å²) < 4.78 is 6.68. The minimum absolute atomic E-state index is 0.117. The molecule has 7 heteroatoms. The van der Waals surface area contributed by atoms with Crippen LogP contribution in [0.2, 0.25) is 0 Å². The Morgan fingerprint density at radius 3 is 2.86 bits per heavy atom. The van der Waals surface area contributed by atoms with E-state index in [2.05, 4.69) is 10.3 Å². The fraction of sp³-hybridized carbons (Fsp3) is 0.286. The van der Waals surface area contributed by atoms with Crippen molar-refractivity contribution in [1.29, 1.82) is 0 Å². The summed E-state index contributed by atoms with van der Waals surface area (Å²) in [4.78, 5) is 30.3. The fourth-order valence-electron chi connectivity index (χ4n) is 3.19. The number of hydrogen-bond donors (Lipinski definition) is 1.